The van der Waals surface area contributed by atoms with E-state index in [1.807, 2.05) is 0 Å². The van der Waals surface area contributed by atoms with Crippen LogP contribution in [0.3, 0.4) is 0 Å². The number of hydrogen-bond donors (Lipinski definition) is 0. The summed E-state index contributed by atoms with van der Waals surface area (Å²) in [4.78, 5) is 0. The van der Waals surface area contributed by atoms with Gasteiger partial charge < -0.3 is 16.4 Å². The van der Waals surface area contributed by atoms with E-state index in [2.05, 4.69) is 0 Å². The average Bonchev–Trinajstić information content (AvgIpc) is 0. The van der Waals surface area contributed by atoms with Gasteiger partial charge in [0.15, 0.2) is 0 Å². The molecule has 0 saturated carbocycles. The van der Waals surface area contributed by atoms with Crippen LogP contribution >= 0.6 is 0 Å². The molecule has 5 heteroatoms. The zero-order valence-electron chi connectivity index (χ0n) is 2.10. The van der Waals surface area contributed by atoms with Crippen LogP contribution in [0.5, 0.6) is 0 Å². The number of hydrogen-bond acceptors (Lipinski definition) is 0. The second-order valence-electron chi connectivity index (χ2n) is 0. The molecule has 5 heavy (non-hydrogen) atoms. The molecule has 0 amide bonds. The fourth-order valence-corrected chi connectivity index (χ4v) is 0. The van der Waals surface area contributed by atoms with Crippen molar-refractivity contribution in [1.29, 1.82) is 0 Å². The topological polar surface area (TPSA) is 85.5 Å². The summed E-state index contributed by atoms with van der Waals surface area (Å²) in [5.74, 6) is 0. The van der Waals surface area contributed by atoms with E-state index in [1.54, 1.807) is 0 Å². The summed E-state index contributed by atoms with van der Waals surface area (Å²) in [5, 5.41) is 0. The zero-order valence-corrected chi connectivity index (χ0v) is 7.67. The normalized spacial score (nSPS) is 0. The van der Waals surface area contributed by atoms with E-state index in [9.17, 15) is 0 Å². The Bertz CT molecular complexity index is 6.85. The second kappa shape index (κ2) is 28.9. The van der Waals surface area contributed by atoms with Crippen LogP contribution in [-0.2, 0) is 16.4 Å². The average molecular weight is 340 g/mol. The molecule has 0 fully saturated rings. The summed E-state index contributed by atoms with van der Waals surface area (Å²) < 4.78 is 0. The van der Waals surface area contributed by atoms with Crippen LogP contribution in [0.4, 0.5) is 0 Å². The van der Waals surface area contributed by atoms with Gasteiger partial charge in [-0.25, -0.2) is 0 Å². The maximum Gasteiger partial charge on any atom is 3.00 e. The van der Waals surface area contributed by atoms with Crippen LogP contribution in [-0.4, -0.2) is 0 Å². The minimum Gasteiger partial charge on any atom is -2.00 e. The van der Waals surface area contributed by atoms with Gasteiger partial charge in [0.2, 0.25) is 0 Å². The molecule has 0 saturated heterocycles. The van der Waals surface area contributed by atoms with E-state index in [1.165, 1.54) is 0 Å². The Balaban J connectivity index is 0. The molecule has 0 aromatic carbocycles. The van der Waals surface area contributed by atoms with Crippen LogP contribution in [0.25, 0.3) is 0 Å². The summed E-state index contributed by atoms with van der Waals surface area (Å²) in [6.07, 6.45) is 0. The van der Waals surface area contributed by atoms with Crippen LogP contribution in [0.1, 0.15) is 0 Å². The molecule has 0 spiro atoms. The molecule has 3 nitrogen and oxygen atoms in total. The van der Waals surface area contributed by atoms with E-state index in [-0.39, 0.29) is 108 Å². The van der Waals surface area contributed by atoms with Crippen molar-refractivity contribution in [3.8, 4) is 0 Å². The fraction of sp³-hybridized carbons (Fsp3) is 0. The van der Waals surface area contributed by atoms with Crippen molar-refractivity contribution in [2.45, 2.75) is 0 Å². The predicted molar refractivity (Wildman–Crippen MR) is 2.06 cm³/mol. The van der Waals surface area contributed by atoms with Crippen molar-refractivity contribution >= 4 is 0 Å². The fourth-order valence-electron chi connectivity index (χ4n) is 0. The first-order valence-electron chi connectivity index (χ1n) is 0. The Morgan fingerprint density at radius 3 is 0.600 bits per heavy atom. The van der Waals surface area contributed by atoms with E-state index >= 15 is 0 Å². The summed E-state index contributed by atoms with van der Waals surface area (Å²) in [6, 6.07) is 0. The molecule has 1 radical (unpaired) electrons. The van der Waals surface area contributed by atoms with Crippen molar-refractivity contribution in [3.63, 3.8) is 0 Å². The van der Waals surface area contributed by atoms with E-state index in [0.29, 0.717) is 0 Å². The third-order valence-corrected chi connectivity index (χ3v) is 0. The minimum atomic E-state index is 0. The van der Waals surface area contributed by atoms with E-state index < -0.39 is 0 Å². The molecule has 0 atom stereocenters. The molecule has 0 rings (SSSR count). The van der Waals surface area contributed by atoms with Gasteiger partial charge in [-0.3, -0.25) is 0 Å². The van der Waals surface area contributed by atoms with Crippen LogP contribution in [0.15, 0.2) is 0 Å². The Morgan fingerprint density at radius 1 is 0.600 bits per heavy atom. The van der Waals surface area contributed by atoms with Gasteiger partial charge >= 0.3 is 91.1 Å². The maximum atomic E-state index is 0. The maximum absolute atomic E-state index is 0. The molecular weight excluding hydrogens is 340 g/mol. The molecule has 0 aromatic rings. The molecule has 29 valence electrons. The molecule has 0 bridgehead atoms. The first-order valence-corrected chi connectivity index (χ1v) is 0. The molecule has 0 unspecified atom stereocenters. The van der Waals surface area contributed by atoms with Crippen molar-refractivity contribution < 1.29 is 108 Å². The van der Waals surface area contributed by atoms with Gasteiger partial charge in [-0.15, -0.1) is 0 Å². The van der Waals surface area contributed by atoms with Crippen LogP contribution < -0.4 is 0 Å². The molecule has 0 heterocycles. The quantitative estimate of drug-likeness (QED) is 0.577. The SMILES string of the molecule is [Ce+3].[Eu+3].[O-2].[O-2].[O-2]. The number of rotatable bonds is 0. The first kappa shape index (κ1) is 45.5. The molecule has 0 aromatic heterocycles. The molecule has 0 aliphatic heterocycles. The standard InChI is InChI=1S/Ce.Eu.3O/q2*+3;3*-2. The molecule has 0 aliphatic rings. The summed E-state index contributed by atoms with van der Waals surface area (Å²) >= 11 is 0. The van der Waals surface area contributed by atoms with Crippen molar-refractivity contribution in [3.05, 3.63) is 0 Å². The van der Waals surface area contributed by atoms with Gasteiger partial charge in [0.1, 0.15) is 0 Å². The summed E-state index contributed by atoms with van der Waals surface area (Å²) in [5.41, 5.74) is 0. The van der Waals surface area contributed by atoms with Gasteiger partial charge in [-0.1, -0.05) is 0 Å². The van der Waals surface area contributed by atoms with Gasteiger partial charge in [0.05, 0.1) is 0 Å². The van der Waals surface area contributed by atoms with Crippen molar-refractivity contribution in [2.24, 2.45) is 0 Å². The third-order valence-electron chi connectivity index (χ3n) is 0. The Morgan fingerprint density at radius 2 is 0.600 bits per heavy atom. The van der Waals surface area contributed by atoms with Crippen molar-refractivity contribution in [1.82, 2.24) is 0 Å². The van der Waals surface area contributed by atoms with Gasteiger partial charge in [0, 0.05) is 0 Å². The Hall–Kier alpha value is 2.84. The van der Waals surface area contributed by atoms with Crippen LogP contribution in [0.2, 0.25) is 0 Å². The van der Waals surface area contributed by atoms with Gasteiger partial charge in [0.25, 0.3) is 0 Å². The second-order valence-corrected chi connectivity index (χ2v) is 0. The monoisotopic (exact) mass is 341 g/mol. The minimum absolute atomic E-state index is 0. The summed E-state index contributed by atoms with van der Waals surface area (Å²) in [6.45, 7) is 0. The molecule has 0 aliphatic carbocycles. The predicted octanol–water partition coefficient (Wildman–Crippen LogP) is -0.356. The van der Waals surface area contributed by atoms with Crippen LogP contribution in [0, 0.1) is 91.1 Å². The largest absolute Gasteiger partial charge is 3.00 e. The first-order chi connectivity index (χ1) is 0. The van der Waals surface area contributed by atoms with Gasteiger partial charge in [-0.05, 0) is 0 Å². The summed E-state index contributed by atoms with van der Waals surface area (Å²) in [7, 11) is 0. The Kier molecular flexibility index (Phi) is 263. The zero-order chi connectivity index (χ0) is 0. The molecular formula is CeEuO3. The van der Waals surface area contributed by atoms with E-state index in [4.69, 9.17) is 0 Å². The molecule has 0 N–H and O–H groups in total. The Labute approximate surface area is 105 Å². The van der Waals surface area contributed by atoms with E-state index in [0.717, 1.165) is 0 Å². The third kappa shape index (κ3) is 19.9. The van der Waals surface area contributed by atoms with Crippen molar-refractivity contribution in [2.75, 3.05) is 0 Å². The van der Waals surface area contributed by atoms with Gasteiger partial charge in [-0.2, -0.15) is 0 Å². The smallest absolute Gasteiger partial charge is 2.00 e.